The van der Waals surface area contributed by atoms with E-state index in [4.69, 9.17) is 0 Å². The lowest BCUT2D eigenvalue weighted by Crippen LogP contribution is -2.50. The van der Waals surface area contributed by atoms with E-state index in [1.807, 2.05) is 11.3 Å². The van der Waals surface area contributed by atoms with Crippen LogP contribution in [0.15, 0.2) is 72.1 Å². The molecule has 1 heterocycles. The molecule has 2 aromatic carbocycles. The molecule has 0 fully saturated rings. The van der Waals surface area contributed by atoms with Crippen molar-refractivity contribution in [3.8, 4) is 0 Å². The molecule has 0 N–H and O–H groups in total. The Bertz CT molecular complexity index is 627. The van der Waals surface area contributed by atoms with Crippen LogP contribution in [0.4, 0.5) is 0 Å². The lowest BCUT2D eigenvalue weighted by atomic mass is 10.2. The van der Waals surface area contributed by atoms with Crippen LogP contribution in [0.1, 0.15) is 5.56 Å². The molecule has 0 saturated carbocycles. The fourth-order valence-electron chi connectivity index (χ4n) is 2.20. The SMILES string of the molecule is Cc1ccc([Si](c2ccccc2)c2cccs2)cc1. The van der Waals surface area contributed by atoms with Crippen LogP contribution in [-0.4, -0.2) is 8.80 Å². The zero-order valence-corrected chi connectivity index (χ0v) is 12.7. The second-order valence-electron chi connectivity index (χ2n) is 4.58. The summed E-state index contributed by atoms with van der Waals surface area (Å²) in [7, 11) is -0.832. The average molecular weight is 279 g/mol. The Kier molecular flexibility index (Phi) is 3.62. The van der Waals surface area contributed by atoms with E-state index < -0.39 is 8.80 Å². The summed E-state index contributed by atoms with van der Waals surface area (Å²) in [5.74, 6) is 0. The molecule has 0 aliphatic heterocycles. The first-order valence-corrected chi connectivity index (χ1v) is 8.76. The fraction of sp³-hybridized carbons (Fsp3) is 0.0588. The lowest BCUT2D eigenvalue weighted by molar-refractivity contribution is 1.49. The van der Waals surface area contributed by atoms with Gasteiger partial charge in [0.2, 0.25) is 0 Å². The molecule has 0 saturated heterocycles. The maximum absolute atomic E-state index is 2.29. The molecule has 0 aliphatic carbocycles. The fourth-order valence-corrected chi connectivity index (χ4v) is 6.23. The van der Waals surface area contributed by atoms with Gasteiger partial charge in [-0.25, -0.2) is 0 Å². The Balaban J connectivity index is 2.10. The Hall–Kier alpha value is -1.64. The summed E-state index contributed by atoms with van der Waals surface area (Å²) in [5.41, 5.74) is 1.32. The third kappa shape index (κ3) is 2.70. The van der Waals surface area contributed by atoms with E-state index in [0.717, 1.165) is 0 Å². The van der Waals surface area contributed by atoms with Crippen LogP contribution < -0.4 is 14.9 Å². The number of benzene rings is 2. The molecule has 0 nitrogen and oxygen atoms in total. The third-order valence-corrected chi connectivity index (χ3v) is 7.30. The largest absolute Gasteiger partial charge is 0.168 e. The smallest absolute Gasteiger partial charge is 0.153 e. The highest BCUT2D eigenvalue weighted by molar-refractivity contribution is 7.26. The minimum atomic E-state index is -0.832. The van der Waals surface area contributed by atoms with E-state index in [-0.39, 0.29) is 0 Å². The van der Waals surface area contributed by atoms with Crippen molar-refractivity contribution in [2.45, 2.75) is 6.92 Å². The highest BCUT2D eigenvalue weighted by Gasteiger charge is 2.19. The van der Waals surface area contributed by atoms with Gasteiger partial charge in [0.1, 0.15) is 0 Å². The van der Waals surface area contributed by atoms with Gasteiger partial charge in [-0.15, -0.1) is 0 Å². The van der Waals surface area contributed by atoms with Gasteiger partial charge in [-0.05, 0) is 27.2 Å². The van der Waals surface area contributed by atoms with Gasteiger partial charge < -0.3 is 0 Å². The maximum atomic E-state index is 2.29. The van der Waals surface area contributed by atoms with Gasteiger partial charge in [0.25, 0.3) is 0 Å². The van der Waals surface area contributed by atoms with Crippen molar-refractivity contribution in [2.75, 3.05) is 0 Å². The lowest BCUT2D eigenvalue weighted by Gasteiger charge is -2.14. The zero-order valence-electron chi connectivity index (χ0n) is 10.8. The molecular formula is C17H15SSi. The van der Waals surface area contributed by atoms with Crippen molar-refractivity contribution < 1.29 is 0 Å². The minimum Gasteiger partial charge on any atom is -0.153 e. The van der Waals surface area contributed by atoms with Crippen LogP contribution >= 0.6 is 11.3 Å². The van der Waals surface area contributed by atoms with Gasteiger partial charge in [-0.3, -0.25) is 0 Å². The van der Waals surface area contributed by atoms with Crippen LogP contribution in [0.3, 0.4) is 0 Å². The number of rotatable bonds is 3. The molecule has 1 aromatic heterocycles. The van der Waals surface area contributed by atoms with Crippen LogP contribution in [0.5, 0.6) is 0 Å². The van der Waals surface area contributed by atoms with Crippen LogP contribution in [-0.2, 0) is 0 Å². The predicted octanol–water partition coefficient (Wildman–Crippen LogP) is 2.57. The molecule has 0 spiro atoms. The van der Waals surface area contributed by atoms with E-state index in [9.17, 15) is 0 Å². The summed E-state index contributed by atoms with van der Waals surface area (Å²) in [6, 6.07) is 24.3. The molecule has 19 heavy (non-hydrogen) atoms. The topological polar surface area (TPSA) is 0 Å². The van der Waals surface area contributed by atoms with Crippen molar-refractivity contribution >= 4 is 35.0 Å². The van der Waals surface area contributed by atoms with E-state index >= 15 is 0 Å². The first kappa shape index (κ1) is 12.4. The molecule has 0 unspecified atom stereocenters. The highest BCUT2D eigenvalue weighted by Crippen LogP contribution is 2.01. The number of thiophene rings is 1. The molecular weight excluding hydrogens is 264 g/mol. The predicted molar refractivity (Wildman–Crippen MR) is 86.6 cm³/mol. The second kappa shape index (κ2) is 5.55. The highest BCUT2D eigenvalue weighted by atomic mass is 32.1. The Labute approximate surface area is 120 Å². The monoisotopic (exact) mass is 279 g/mol. The molecule has 93 valence electrons. The summed E-state index contributed by atoms with van der Waals surface area (Å²) in [6.07, 6.45) is 0. The quantitative estimate of drug-likeness (QED) is 0.647. The summed E-state index contributed by atoms with van der Waals surface area (Å²) in [6.45, 7) is 2.14. The van der Waals surface area contributed by atoms with Gasteiger partial charge >= 0.3 is 0 Å². The standard InChI is InChI=1S/C17H15SSi/c1-14-9-11-16(12-10-14)19(17-8-5-13-18-17)15-6-3-2-4-7-15/h2-13H,1H3. The van der Waals surface area contributed by atoms with Crippen molar-refractivity contribution in [3.63, 3.8) is 0 Å². The second-order valence-corrected chi connectivity index (χ2v) is 8.34. The van der Waals surface area contributed by atoms with Gasteiger partial charge in [0, 0.05) is 0 Å². The van der Waals surface area contributed by atoms with E-state index in [1.165, 1.54) is 20.4 Å². The number of hydrogen-bond acceptors (Lipinski definition) is 1. The molecule has 3 aromatic rings. The summed E-state index contributed by atoms with van der Waals surface area (Å²) in [4.78, 5) is 0. The molecule has 3 rings (SSSR count). The Morgan fingerprint density at radius 2 is 1.42 bits per heavy atom. The molecule has 2 heteroatoms. The van der Waals surface area contributed by atoms with Crippen LogP contribution in [0.25, 0.3) is 0 Å². The number of hydrogen-bond donors (Lipinski definition) is 0. The normalized spacial score (nSPS) is 10.8. The zero-order chi connectivity index (χ0) is 13.1. The van der Waals surface area contributed by atoms with Crippen LogP contribution in [0, 0.1) is 6.92 Å². The van der Waals surface area contributed by atoms with Gasteiger partial charge in [0.15, 0.2) is 8.80 Å². The van der Waals surface area contributed by atoms with Crippen molar-refractivity contribution in [3.05, 3.63) is 77.7 Å². The summed E-state index contributed by atoms with van der Waals surface area (Å²) in [5, 5.41) is 5.10. The third-order valence-electron chi connectivity index (χ3n) is 3.17. The first-order chi connectivity index (χ1) is 9.34. The van der Waals surface area contributed by atoms with Crippen molar-refractivity contribution in [2.24, 2.45) is 0 Å². The van der Waals surface area contributed by atoms with Gasteiger partial charge in [-0.2, -0.15) is 11.3 Å². The molecule has 0 atom stereocenters. The van der Waals surface area contributed by atoms with Crippen molar-refractivity contribution in [1.29, 1.82) is 0 Å². The number of aryl methyl sites for hydroxylation is 1. The first-order valence-electron chi connectivity index (χ1n) is 6.38. The van der Waals surface area contributed by atoms with Crippen LogP contribution in [0.2, 0.25) is 0 Å². The van der Waals surface area contributed by atoms with E-state index in [1.54, 1.807) is 0 Å². The minimum absolute atomic E-state index is 0.832. The molecule has 0 aliphatic rings. The maximum Gasteiger partial charge on any atom is 0.168 e. The van der Waals surface area contributed by atoms with E-state index in [0.29, 0.717) is 0 Å². The van der Waals surface area contributed by atoms with E-state index in [2.05, 4.69) is 79.0 Å². The Morgan fingerprint density at radius 3 is 2.05 bits per heavy atom. The average Bonchev–Trinajstić information content (AvgIpc) is 2.96. The summed E-state index contributed by atoms with van der Waals surface area (Å²) < 4.78 is 1.50. The summed E-state index contributed by atoms with van der Waals surface area (Å²) >= 11 is 1.87. The molecule has 0 bridgehead atoms. The van der Waals surface area contributed by atoms with Gasteiger partial charge in [-0.1, -0.05) is 72.3 Å². The Morgan fingerprint density at radius 1 is 0.737 bits per heavy atom. The molecule has 0 amide bonds. The van der Waals surface area contributed by atoms with Gasteiger partial charge in [0.05, 0.1) is 0 Å². The molecule has 1 radical (unpaired) electrons. The van der Waals surface area contributed by atoms with Crippen molar-refractivity contribution in [1.82, 2.24) is 0 Å².